The van der Waals surface area contributed by atoms with Crippen LogP contribution < -0.4 is 0 Å². The van der Waals surface area contributed by atoms with Crippen molar-refractivity contribution in [1.82, 2.24) is 0 Å². The zero-order chi connectivity index (χ0) is 34.0. The second-order valence-electron chi connectivity index (χ2n) is 13.6. The number of unbranched alkanes of at least 4 members (excludes halogenated alkanes) is 26. The highest BCUT2D eigenvalue weighted by molar-refractivity contribution is 5.69. The van der Waals surface area contributed by atoms with Gasteiger partial charge < -0.3 is 23.7 Å². The monoisotopic (exact) mass is 671 g/mol. The zero-order valence-electron chi connectivity index (χ0n) is 31.8. The number of hydrogen-bond donors (Lipinski definition) is 0. The average molecular weight is 671 g/mol. The number of ether oxygens (including phenoxy) is 5. The van der Waals surface area contributed by atoms with Crippen LogP contribution in [0.5, 0.6) is 0 Å². The number of esters is 1. The molecule has 0 unspecified atom stereocenters. The molecule has 0 saturated heterocycles. The van der Waals surface area contributed by atoms with E-state index in [0.717, 1.165) is 25.9 Å². The maximum atomic E-state index is 11.9. The van der Waals surface area contributed by atoms with Crippen molar-refractivity contribution in [2.75, 3.05) is 59.5 Å². The van der Waals surface area contributed by atoms with Crippen molar-refractivity contribution in [2.45, 2.75) is 200 Å². The van der Waals surface area contributed by atoms with Gasteiger partial charge in [0.1, 0.15) is 6.61 Å². The van der Waals surface area contributed by atoms with Gasteiger partial charge in [-0.2, -0.15) is 0 Å². The molecule has 0 aliphatic heterocycles. The summed E-state index contributed by atoms with van der Waals surface area (Å²) < 4.78 is 27.6. The highest BCUT2D eigenvalue weighted by atomic mass is 16.6. The number of carbonyl (C=O) groups is 1. The van der Waals surface area contributed by atoms with Gasteiger partial charge in [-0.25, -0.2) is 0 Å². The molecule has 0 bridgehead atoms. The first-order valence-electron chi connectivity index (χ1n) is 20.8. The van der Waals surface area contributed by atoms with Crippen LogP contribution in [0.15, 0.2) is 0 Å². The van der Waals surface area contributed by atoms with E-state index in [2.05, 4.69) is 13.8 Å². The van der Waals surface area contributed by atoms with Crippen molar-refractivity contribution in [3.8, 4) is 0 Å². The number of rotatable bonds is 42. The minimum Gasteiger partial charge on any atom is -0.463 e. The van der Waals surface area contributed by atoms with Gasteiger partial charge in [-0.1, -0.05) is 181 Å². The van der Waals surface area contributed by atoms with E-state index in [9.17, 15) is 4.79 Å². The van der Waals surface area contributed by atoms with Gasteiger partial charge in [0.15, 0.2) is 0 Å². The van der Waals surface area contributed by atoms with Gasteiger partial charge in [0.25, 0.3) is 0 Å². The Labute approximate surface area is 293 Å². The minimum atomic E-state index is -0.106. The summed E-state index contributed by atoms with van der Waals surface area (Å²) >= 11 is 0. The number of carbonyl (C=O) groups excluding carboxylic acids is 1. The first-order chi connectivity index (χ1) is 23.3. The Morgan fingerprint density at radius 2 is 0.553 bits per heavy atom. The first-order valence-corrected chi connectivity index (χ1v) is 20.8. The summed E-state index contributed by atoms with van der Waals surface area (Å²) in [7, 11) is 0. The zero-order valence-corrected chi connectivity index (χ0v) is 31.8. The molecule has 282 valence electrons. The SMILES string of the molecule is CCCCCCCCCCCCCCCCCC(=O)OCCOCCOCCOCCOCCCCCCCCCCCCCCC. The Hall–Kier alpha value is -0.690. The lowest BCUT2D eigenvalue weighted by Gasteiger charge is -2.08. The van der Waals surface area contributed by atoms with Crippen LogP contribution in [0.25, 0.3) is 0 Å². The topological polar surface area (TPSA) is 63.2 Å². The van der Waals surface area contributed by atoms with Gasteiger partial charge >= 0.3 is 5.97 Å². The summed E-state index contributed by atoms with van der Waals surface area (Å²) in [4.78, 5) is 11.9. The summed E-state index contributed by atoms with van der Waals surface area (Å²) in [5.41, 5.74) is 0. The lowest BCUT2D eigenvalue weighted by Crippen LogP contribution is -2.14. The minimum absolute atomic E-state index is 0.106. The molecule has 0 aromatic heterocycles. The Kier molecular flexibility index (Phi) is 42.7. The molecule has 0 radical (unpaired) electrons. The average Bonchev–Trinajstić information content (AvgIpc) is 3.08. The van der Waals surface area contributed by atoms with Gasteiger partial charge in [0.05, 0.1) is 46.2 Å². The van der Waals surface area contributed by atoms with Crippen LogP contribution >= 0.6 is 0 Å². The van der Waals surface area contributed by atoms with Crippen LogP contribution in [0.2, 0.25) is 0 Å². The summed E-state index contributed by atoms with van der Waals surface area (Å²) in [5, 5.41) is 0. The largest absolute Gasteiger partial charge is 0.463 e. The molecule has 0 spiro atoms. The quantitative estimate of drug-likeness (QED) is 0.0476. The number of hydrogen-bond acceptors (Lipinski definition) is 6. The fourth-order valence-corrected chi connectivity index (χ4v) is 5.91. The predicted octanol–water partition coefficient (Wildman–Crippen LogP) is 11.9. The molecule has 0 N–H and O–H groups in total. The molecule has 0 rings (SSSR count). The highest BCUT2D eigenvalue weighted by Gasteiger charge is 2.03. The van der Waals surface area contributed by atoms with Crippen molar-refractivity contribution < 1.29 is 28.5 Å². The molecule has 0 aliphatic rings. The van der Waals surface area contributed by atoms with Gasteiger partial charge in [0.2, 0.25) is 0 Å². The second-order valence-corrected chi connectivity index (χ2v) is 13.6. The highest BCUT2D eigenvalue weighted by Crippen LogP contribution is 2.14. The van der Waals surface area contributed by atoms with E-state index in [4.69, 9.17) is 23.7 Å². The van der Waals surface area contributed by atoms with Crippen LogP contribution in [0.3, 0.4) is 0 Å². The van der Waals surface area contributed by atoms with E-state index in [0.29, 0.717) is 59.3 Å². The Morgan fingerprint density at radius 3 is 0.894 bits per heavy atom. The van der Waals surface area contributed by atoms with Crippen molar-refractivity contribution in [2.24, 2.45) is 0 Å². The molecule has 0 atom stereocenters. The smallest absolute Gasteiger partial charge is 0.305 e. The van der Waals surface area contributed by atoms with Crippen LogP contribution in [-0.2, 0) is 28.5 Å². The van der Waals surface area contributed by atoms with Crippen molar-refractivity contribution in [3.63, 3.8) is 0 Å². The van der Waals surface area contributed by atoms with Crippen LogP contribution in [-0.4, -0.2) is 65.4 Å². The van der Waals surface area contributed by atoms with Gasteiger partial charge in [0, 0.05) is 13.0 Å². The molecule has 0 saturated carbocycles. The summed E-state index contributed by atoms with van der Waals surface area (Å²) in [6.07, 6.45) is 38.3. The lowest BCUT2D eigenvalue weighted by molar-refractivity contribution is -0.145. The molecule has 6 heteroatoms. The Bertz CT molecular complexity index is 572. The molecule has 0 fully saturated rings. The third-order valence-corrected chi connectivity index (χ3v) is 8.98. The van der Waals surface area contributed by atoms with E-state index in [-0.39, 0.29) is 5.97 Å². The molecule has 0 aromatic carbocycles. The molecular formula is C41H82O6. The molecular weight excluding hydrogens is 588 g/mol. The van der Waals surface area contributed by atoms with Crippen LogP contribution in [0.4, 0.5) is 0 Å². The van der Waals surface area contributed by atoms with E-state index < -0.39 is 0 Å². The summed E-state index contributed by atoms with van der Waals surface area (Å²) in [5.74, 6) is -0.106. The third-order valence-electron chi connectivity index (χ3n) is 8.98. The molecule has 0 amide bonds. The third kappa shape index (κ3) is 43.3. The molecule has 0 heterocycles. The first kappa shape index (κ1) is 46.3. The maximum absolute atomic E-state index is 11.9. The molecule has 0 aromatic rings. The molecule has 0 aliphatic carbocycles. The van der Waals surface area contributed by atoms with Crippen molar-refractivity contribution in [3.05, 3.63) is 0 Å². The molecule has 6 nitrogen and oxygen atoms in total. The van der Waals surface area contributed by atoms with Gasteiger partial charge in [-0.05, 0) is 12.8 Å². The van der Waals surface area contributed by atoms with Crippen LogP contribution in [0, 0.1) is 0 Å². The van der Waals surface area contributed by atoms with Crippen molar-refractivity contribution in [1.29, 1.82) is 0 Å². The van der Waals surface area contributed by atoms with Crippen molar-refractivity contribution >= 4 is 5.97 Å². The maximum Gasteiger partial charge on any atom is 0.305 e. The lowest BCUT2D eigenvalue weighted by atomic mass is 10.0. The fraction of sp³-hybridized carbons (Fsp3) is 0.976. The Morgan fingerprint density at radius 1 is 0.298 bits per heavy atom. The van der Waals surface area contributed by atoms with E-state index in [1.807, 2.05) is 0 Å². The van der Waals surface area contributed by atoms with Crippen LogP contribution in [0.1, 0.15) is 200 Å². The second kappa shape index (κ2) is 43.3. The summed E-state index contributed by atoms with van der Waals surface area (Å²) in [6.45, 7) is 9.54. The fourth-order valence-electron chi connectivity index (χ4n) is 5.91. The van der Waals surface area contributed by atoms with E-state index in [1.165, 1.54) is 161 Å². The van der Waals surface area contributed by atoms with E-state index >= 15 is 0 Å². The summed E-state index contributed by atoms with van der Waals surface area (Å²) in [6, 6.07) is 0. The normalized spacial score (nSPS) is 11.4. The Balaban J connectivity index is 3.13. The van der Waals surface area contributed by atoms with E-state index in [1.54, 1.807) is 0 Å². The molecule has 47 heavy (non-hydrogen) atoms. The van der Waals surface area contributed by atoms with Gasteiger partial charge in [-0.3, -0.25) is 4.79 Å². The van der Waals surface area contributed by atoms with Gasteiger partial charge in [-0.15, -0.1) is 0 Å². The predicted molar refractivity (Wildman–Crippen MR) is 199 cm³/mol. The standard InChI is InChI=1S/C41H82O6/c1-3-5-7-9-11-13-15-17-18-19-21-23-25-27-29-31-41(42)47-40-39-46-38-37-45-36-35-44-34-33-43-32-30-28-26-24-22-20-16-14-12-10-8-6-4-2/h3-40H2,1-2H3.